The fraction of sp³-hybridized carbons (Fsp3) is 1.00. The van der Waals surface area contributed by atoms with Crippen molar-refractivity contribution in [2.75, 3.05) is 26.4 Å². The first kappa shape index (κ1) is 21.1. The SMILES string of the molecule is CCCOCC(CCC(F)(F)Cl)(COCCC)C1CCCCC1. The van der Waals surface area contributed by atoms with E-state index in [4.69, 9.17) is 21.1 Å². The van der Waals surface area contributed by atoms with Gasteiger partial charge >= 0.3 is 5.38 Å². The lowest BCUT2D eigenvalue weighted by atomic mass is 9.67. The lowest BCUT2D eigenvalue weighted by Gasteiger charge is -2.43. The van der Waals surface area contributed by atoms with Crippen LogP contribution in [0.4, 0.5) is 8.78 Å². The summed E-state index contributed by atoms with van der Waals surface area (Å²) in [5, 5.41) is -3.14. The Hall–Kier alpha value is 0.0700. The Morgan fingerprint density at radius 3 is 1.87 bits per heavy atom. The molecule has 1 rings (SSSR count). The van der Waals surface area contributed by atoms with Crippen molar-refractivity contribution < 1.29 is 18.3 Å². The van der Waals surface area contributed by atoms with Gasteiger partial charge in [0.15, 0.2) is 0 Å². The van der Waals surface area contributed by atoms with Crippen LogP contribution in [0.15, 0.2) is 0 Å². The minimum absolute atomic E-state index is 0.309. The molecule has 1 fully saturated rings. The normalized spacial score (nSPS) is 17.6. The van der Waals surface area contributed by atoms with Crippen molar-refractivity contribution in [2.24, 2.45) is 11.3 Å². The van der Waals surface area contributed by atoms with Crippen LogP contribution in [0.1, 0.15) is 71.6 Å². The molecule has 0 unspecified atom stereocenters. The van der Waals surface area contributed by atoms with Crippen LogP contribution in [0.5, 0.6) is 0 Å². The zero-order valence-electron chi connectivity index (χ0n) is 14.7. The number of ether oxygens (including phenoxy) is 2. The smallest absolute Gasteiger partial charge is 0.321 e. The summed E-state index contributed by atoms with van der Waals surface area (Å²) in [6.45, 7) is 6.45. The van der Waals surface area contributed by atoms with E-state index in [1.807, 2.05) is 0 Å². The van der Waals surface area contributed by atoms with E-state index in [1.165, 1.54) is 19.3 Å². The van der Waals surface area contributed by atoms with Gasteiger partial charge in [0.1, 0.15) is 0 Å². The molecule has 1 aliphatic rings. The summed E-state index contributed by atoms with van der Waals surface area (Å²) in [4.78, 5) is 0. The fourth-order valence-corrected chi connectivity index (χ4v) is 3.67. The Kier molecular flexibility index (Phi) is 9.95. The molecule has 0 aromatic heterocycles. The third-order valence-corrected chi connectivity index (χ3v) is 5.04. The van der Waals surface area contributed by atoms with E-state index < -0.39 is 5.38 Å². The van der Waals surface area contributed by atoms with Crippen molar-refractivity contribution in [1.82, 2.24) is 0 Å². The van der Waals surface area contributed by atoms with Crippen LogP contribution in [0.3, 0.4) is 0 Å². The topological polar surface area (TPSA) is 18.5 Å². The summed E-state index contributed by atoms with van der Waals surface area (Å²) in [5.74, 6) is 0.393. The summed E-state index contributed by atoms with van der Waals surface area (Å²) in [6.07, 6.45) is 7.67. The van der Waals surface area contributed by atoms with Crippen molar-refractivity contribution in [1.29, 1.82) is 0 Å². The molecular formula is C18H33ClF2O2. The molecule has 0 atom stereocenters. The maximum absolute atomic E-state index is 13.3. The molecule has 0 aromatic carbocycles. The van der Waals surface area contributed by atoms with Crippen molar-refractivity contribution in [3.8, 4) is 0 Å². The number of hydrogen-bond acceptors (Lipinski definition) is 2. The van der Waals surface area contributed by atoms with Crippen LogP contribution in [-0.4, -0.2) is 31.8 Å². The summed E-state index contributed by atoms with van der Waals surface area (Å²) < 4.78 is 38.2. The molecule has 0 saturated heterocycles. The van der Waals surface area contributed by atoms with Gasteiger partial charge in [0.25, 0.3) is 0 Å². The number of alkyl halides is 3. The van der Waals surface area contributed by atoms with Crippen LogP contribution < -0.4 is 0 Å². The molecule has 0 heterocycles. The second-order valence-corrected chi connectivity index (χ2v) is 7.47. The third kappa shape index (κ3) is 8.13. The van der Waals surface area contributed by atoms with Gasteiger partial charge in [0, 0.05) is 25.0 Å². The van der Waals surface area contributed by atoms with Crippen LogP contribution in [0.2, 0.25) is 0 Å². The highest BCUT2D eigenvalue weighted by atomic mass is 35.5. The first-order valence-corrected chi connectivity index (χ1v) is 9.53. The molecule has 1 saturated carbocycles. The Morgan fingerprint density at radius 1 is 0.913 bits per heavy atom. The highest BCUT2D eigenvalue weighted by Gasteiger charge is 2.42. The van der Waals surface area contributed by atoms with Crippen LogP contribution in [0, 0.1) is 11.3 Å². The molecule has 0 bridgehead atoms. The van der Waals surface area contributed by atoms with Gasteiger partial charge in [0.05, 0.1) is 13.2 Å². The lowest BCUT2D eigenvalue weighted by molar-refractivity contribution is -0.0790. The van der Waals surface area contributed by atoms with Crippen LogP contribution >= 0.6 is 11.6 Å². The average Bonchev–Trinajstić information content (AvgIpc) is 2.52. The molecule has 138 valence electrons. The predicted molar refractivity (Wildman–Crippen MR) is 91.3 cm³/mol. The Morgan fingerprint density at radius 2 is 1.43 bits per heavy atom. The maximum Gasteiger partial charge on any atom is 0.321 e. The molecule has 0 spiro atoms. The fourth-order valence-electron chi connectivity index (χ4n) is 3.57. The average molecular weight is 355 g/mol. The highest BCUT2D eigenvalue weighted by molar-refractivity contribution is 6.21. The van der Waals surface area contributed by atoms with Crippen LogP contribution in [-0.2, 0) is 9.47 Å². The van der Waals surface area contributed by atoms with E-state index in [9.17, 15) is 8.78 Å². The largest absolute Gasteiger partial charge is 0.381 e. The van der Waals surface area contributed by atoms with Gasteiger partial charge in [-0.2, -0.15) is 8.78 Å². The van der Waals surface area contributed by atoms with E-state index >= 15 is 0 Å². The minimum Gasteiger partial charge on any atom is -0.381 e. The zero-order valence-corrected chi connectivity index (χ0v) is 15.5. The first-order chi connectivity index (χ1) is 10.9. The molecule has 0 radical (unpaired) electrons. The van der Waals surface area contributed by atoms with Gasteiger partial charge in [-0.1, -0.05) is 33.1 Å². The standard InChI is InChI=1S/C18H33ClF2O2/c1-3-12-22-14-17(15-23-13-4-2,10-11-18(19,20)21)16-8-6-5-7-9-16/h16H,3-15H2,1-2H3. The zero-order chi connectivity index (χ0) is 17.2. The van der Waals surface area contributed by atoms with E-state index in [1.54, 1.807) is 0 Å². The van der Waals surface area contributed by atoms with E-state index in [0.29, 0.717) is 38.8 Å². The molecular weight excluding hydrogens is 322 g/mol. The van der Waals surface area contributed by atoms with Crippen LogP contribution in [0.25, 0.3) is 0 Å². The van der Waals surface area contributed by atoms with E-state index in [-0.39, 0.29) is 11.8 Å². The molecule has 0 amide bonds. The number of halogens is 3. The molecule has 23 heavy (non-hydrogen) atoms. The first-order valence-electron chi connectivity index (χ1n) is 9.16. The highest BCUT2D eigenvalue weighted by Crippen LogP contribution is 2.45. The van der Waals surface area contributed by atoms with Gasteiger partial charge < -0.3 is 9.47 Å². The molecule has 0 aliphatic heterocycles. The Labute approximate surface area is 145 Å². The van der Waals surface area contributed by atoms with Crippen molar-refractivity contribution in [2.45, 2.75) is 77.0 Å². The second kappa shape index (κ2) is 10.8. The Balaban J connectivity index is 2.83. The number of hydrogen-bond donors (Lipinski definition) is 0. The molecule has 0 N–H and O–H groups in total. The molecule has 5 heteroatoms. The molecule has 0 aromatic rings. The van der Waals surface area contributed by atoms with Gasteiger partial charge in [-0.05, 0) is 49.6 Å². The predicted octanol–water partition coefficient (Wildman–Crippen LogP) is 6.02. The van der Waals surface area contributed by atoms with Gasteiger partial charge in [0.2, 0.25) is 0 Å². The van der Waals surface area contributed by atoms with E-state index in [0.717, 1.165) is 25.7 Å². The summed E-state index contributed by atoms with van der Waals surface area (Å²) in [6, 6.07) is 0. The second-order valence-electron chi connectivity index (χ2n) is 6.92. The minimum atomic E-state index is -3.14. The van der Waals surface area contributed by atoms with Crippen molar-refractivity contribution in [3.63, 3.8) is 0 Å². The van der Waals surface area contributed by atoms with Crippen molar-refractivity contribution >= 4 is 11.6 Å². The van der Waals surface area contributed by atoms with Crippen molar-refractivity contribution in [3.05, 3.63) is 0 Å². The third-order valence-electron chi connectivity index (χ3n) is 4.85. The van der Waals surface area contributed by atoms with Gasteiger partial charge in [-0.3, -0.25) is 0 Å². The van der Waals surface area contributed by atoms with Gasteiger partial charge in [-0.15, -0.1) is 0 Å². The summed E-state index contributed by atoms with van der Waals surface area (Å²) in [7, 11) is 0. The number of rotatable bonds is 12. The maximum atomic E-state index is 13.3. The monoisotopic (exact) mass is 354 g/mol. The molecule has 1 aliphatic carbocycles. The lowest BCUT2D eigenvalue weighted by Crippen LogP contribution is -2.42. The summed E-state index contributed by atoms with van der Waals surface area (Å²) in [5.41, 5.74) is -0.330. The molecule has 2 nitrogen and oxygen atoms in total. The quantitative estimate of drug-likeness (QED) is 0.315. The van der Waals surface area contributed by atoms with Gasteiger partial charge in [-0.25, -0.2) is 0 Å². The summed E-state index contributed by atoms with van der Waals surface area (Å²) >= 11 is 5.19. The Bertz CT molecular complexity index is 292. The van der Waals surface area contributed by atoms with E-state index in [2.05, 4.69) is 13.8 Å².